The van der Waals surface area contributed by atoms with Crippen molar-refractivity contribution in [3.63, 3.8) is 0 Å². The summed E-state index contributed by atoms with van der Waals surface area (Å²) >= 11 is 0. The maximum Gasteiger partial charge on any atom is 0.327 e. The Balaban J connectivity index is 3.18. The summed E-state index contributed by atoms with van der Waals surface area (Å²) < 4.78 is 0. The van der Waals surface area contributed by atoms with E-state index in [1.54, 1.807) is 0 Å². The molecular weight excluding hydrogens is 169 g/mol. The average molecular weight is 173 g/mol. The number of nitrogens with one attached hydrogen (secondary N) is 4. The highest BCUT2D eigenvalue weighted by Gasteiger charge is 2.02. The summed E-state index contributed by atoms with van der Waals surface area (Å²) in [6, 6.07) is 0. The fourth-order valence-corrected chi connectivity index (χ4v) is 0.958. The molecular formula is C5H4N4O3. The van der Waals surface area contributed by atoms with Crippen LogP contribution in [0.2, 0.25) is 0 Å². The molecule has 7 heteroatoms. The second-order valence-electron chi connectivity index (χ2n) is 2.24. The van der Waals surface area contributed by atoms with Gasteiger partial charge < -0.3 is 0 Å². The van der Waals surface area contributed by atoms with Gasteiger partial charge in [-0.15, -0.1) is 0 Å². The summed E-state index contributed by atoms with van der Waals surface area (Å²) in [4.78, 5) is 41.0. The summed E-state index contributed by atoms with van der Waals surface area (Å²) in [6.07, 6.45) is 0. The van der Waals surface area contributed by atoms with Crippen molar-refractivity contribution in [2.75, 3.05) is 0 Å². The van der Waals surface area contributed by atoms with Crippen molar-refractivity contribution in [3.05, 3.63) is 31.3 Å². The van der Waals surface area contributed by atoms with Crippen molar-refractivity contribution in [1.82, 2.24) is 19.9 Å². The number of rotatable bonds is 0. The number of fused-ring (bicyclic) bond motifs is 1. The molecule has 0 saturated heterocycles. The maximum atomic E-state index is 10.9. The highest BCUT2D eigenvalue weighted by atomic mass is 16.2. The van der Waals surface area contributed by atoms with E-state index in [2.05, 4.69) is 15.0 Å². The van der Waals surface area contributed by atoms with Gasteiger partial charge in [0.15, 0.2) is 0 Å². The van der Waals surface area contributed by atoms with Gasteiger partial charge in [0.2, 0.25) is 0 Å². The second-order valence-corrected chi connectivity index (χ2v) is 2.24. The largest absolute Gasteiger partial charge is 0.327 e. The Morgan fingerprint density at radius 2 is 1.33 bits per heavy atom. The highest BCUT2D eigenvalue weighted by molar-refractivity contribution is 5.67. The van der Waals surface area contributed by atoms with Crippen molar-refractivity contribution >= 4 is 11.2 Å². The number of aromatic amines is 4. The van der Waals surface area contributed by atoms with E-state index in [0.29, 0.717) is 0 Å². The third-order valence-electron chi connectivity index (χ3n) is 1.42. The molecule has 0 aliphatic rings. The van der Waals surface area contributed by atoms with E-state index in [9.17, 15) is 14.4 Å². The van der Waals surface area contributed by atoms with Gasteiger partial charge in [-0.1, -0.05) is 0 Å². The van der Waals surface area contributed by atoms with Crippen LogP contribution in [0.1, 0.15) is 0 Å². The average Bonchev–Trinajstić information content (AvgIpc) is 2.29. The van der Waals surface area contributed by atoms with Crippen LogP contribution in [0.15, 0.2) is 14.4 Å². The van der Waals surface area contributed by atoms with Crippen LogP contribution in [0.5, 0.6) is 0 Å². The molecule has 0 aliphatic carbocycles. The van der Waals surface area contributed by atoms with Gasteiger partial charge in [-0.05, 0) is 0 Å². The molecule has 0 radical (unpaired) electrons. The first-order valence-corrected chi connectivity index (χ1v) is 3.11. The predicted molar refractivity (Wildman–Crippen MR) is 40.2 cm³/mol. The minimum Gasteiger partial charge on any atom is -0.300 e. The SMILES string of the molecule is O=[13c]1[nH][13c](=O)[13c]2[nH][13c](=O)[nH][13c]2[nH]1. The predicted octanol–water partition coefficient (Wildman–Crippen LogP) is -1.77. The molecule has 12 heavy (non-hydrogen) atoms. The van der Waals surface area contributed by atoms with Crippen LogP contribution in [-0.2, 0) is 0 Å². The van der Waals surface area contributed by atoms with Crippen LogP contribution in [0, 0.1) is 0 Å². The molecule has 2 heterocycles. The molecule has 4 N–H and O–H groups in total. The molecule has 0 aliphatic heterocycles. The van der Waals surface area contributed by atoms with Crippen molar-refractivity contribution in [2.24, 2.45) is 0 Å². The zero-order valence-corrected chi connectivity index (χ0v) is 5.72. The molecule has 2 aromatic heterocycles. The lowest BCUT2D eigenvalue weighted by Gasteiger charge is -1.83. The van der Waals surface area contributed by atoms with Crippen molar-refractivity contribution < 1.29 is 0 Å². The van der Waals surface area contributed by atoms with Crippen molar-refractivity contribution in [2.45, 2.75) is 0 Å². The van der Waals surface area contributed by atoms with Gasteiger partial charge in [0, 0.05) is 0 Å². The molecule has 0 bridgehead atoms. The third kappa shape index (κ3) is 0.797. The topological polar surface area (TPSA) is 114 Å². The van der Waals surface area contributed by atoms with Gasteiger partial charge in [-0.3, -0.25) is 24.7 Å². The number of hydrogen-bond donors (Lipinski definition) is 4. The zero-order chi connectivity index (χ0) is 8.72. The zero-order valence-electron chi connectivity index (χ0n) is 5.72. The Bertz CT molecular complexity index is 583. The van der Waals surface area contributed by atoms with E-state index in [1.165, 1.54) is 0 Å². The lowest BCUT2D eigenvalue weighted by atomic mass is 11.4. The van der Waals surface area contributed by atoms with Crippen LogP contribution in [0.3, 0.4) is 0 Å². The molecule has 7 nitrogen and oxygen atoms in total. The molecule has 2 aromatic rings. The van der Waals surface area contributed by atoms with E-state index in [1.807, 2.05) is 4.98 Å². The molecule has 2 rings (SSSR count). The summed E-state index contributed by atoms with van der Waals surface area (Å²) in [5, 5.41) is 0. The smallest absolute Gasteiger partial charge is 0.300 e. The van der Waals surface area contributed by atoms with E-state index >= 15 is 0 Å². The number of imidazole rings is 1. The first kappa shape index (κ1) is 6.65. The fraction of sp³-hybridized carbons (Fsp3) is 0. The quantitative estimate of drug-likeness (QED) is 0.378. The second kappa shape index (κ2) is 1.97. The summed E-state index contributed by atoms with van der Waals surface area (Å²) in [7, 11) is 0. The van der Waals surface area contributed by atoms with Crippen LogP contribution in [0.4, 0.5) is 0 Å². The molecule has 0 saturated carbocycles. The summed E-state index contributed by atoms with van der Waals surface area (Å²) in [6.45, 7) is 0. The Hall–Kier alpha value is -2.05. The van der Waals surface area contributed by atoms with Crippen LogP contribution >= 0.6 is 0 Å². The summed E-state index contributed by atoms with van der Waals surface area (Å²) in [5.74, 6) is 0. The molecule has 0 unspecified atom stereocenters. The maximum absolute atomic E-state index is 10.9. The Labute approximate surface area is 63.5 Å². The molecule has 0 aromatic carbocycles. The van der Waals surface area contributed by atoms with Crippen LogP contribution < -0.4 is 16.9 Å². The normalized spacial score (nSPS) is 10.7. The van der Waals surface area contributed by atoms with Gasteiger partial charge in [-0.2, -0.15) is 0 Å². The van der Waals surface area contributed by atoms with Gasteiger partial charge in [0.1, 0.15) is 11.2 Å². The summed E-state index contributed by atoms with van der Waals surface area (Å²) in [5.41, 5.74) is -1.65. The van der Waals surface area contributed by atoms with Gasteiger partial charge in [-0.25, -0.2) is 9.59 Å². The van der Waals surface area contributed by atoms with E-state index in [4.69, 9.17) is 0 Å². The third-order valence-corrected chi connectivity index (χ3v) is 1.42. The molecule has 0 fully saturated rings. The van der Waals surface area contributed by atoms with Gasteiger partial charge >= 0.3 is 11.4 Å². The molecule has 0 atom stereocenters. The Morgan fingerprint density at radius 3 is 2.00 bits per heavy atom. The number of aromatic nitrogens is 4. The molecule has 62 valence electrons. The first-order chi connectivity index (χ1) is 5.66. The van der Waals surface area contributed by atoms with Crippen molar-refractivity contribution in [1.29, 1.82) is 0 Å². The van der Waals surface area contributed by atoms with E-state index in [0.717, 1.165) is 0 Å². The van der Waals surface area contributed by atoms with Crippen molar-refractivity contribution in [3.8, 4) is 0 Å². The number of H-pyrrole nitrogens is 4. The first-order valence-electron chi connectivity index (χ1n) is 3.11. The lowest BCUT2D eigenvalue weighted by molar-refractivity contribution is 1.07. The minimum atomic E-state index is -0.650. The van der Waals surface area contributed by atoms with Crippen LogP contribution in [-0.4, -0.2) is 19.9 Å². The Kier molecular flexibility index (Phi) is 1.09. The molecule has 0 amide bonds. The molecule has 0 spiro atoms. The standard InChI is InChI=1S/C5H4N4O3/c10-3-1-2(7-4(11)6-1)8-5(12)9-3/h(H4,6,7,8,9,10,11,12)/i1+1,2+1,3+1,4+1,5+1. The minimum absolute atomic E-state index is 0.0413. The fourth-order valence-electron chi connectivity index (χ4n) is 0.958. The van der Waals surface area contributed by atoms with Crippen LogP contribution in [0.25, 0.3) is 11.2 Å². The highest BCUT2D eigenvalue weighted by Crippen LogP contribution is 1.88. The lowest BCUT2D eigenvalue weighted by Crippen LogP contribution is -2.21. The number of hydrogen-bond acceptors (Lipinski definition) is 3. The van der Waals surface area contributed by atoms with Gasteiger partial charge in [0.25, 0.3) is 5.56 Å². The van der Waals surface area contributed by atoms with E-state index in [-0.39, 0.29) is 11.2 Å². The van der Waals surface area contributed by atoms with E-state index < -0.39 is 16.9 Å². The monoisotopic (exact) mass is 173 g/mol. The Morgan fingerprint density at radius 1 is 0.750 bits per heavy atom. The van der Waals surface area contributed by atoms with Gasteiger partial charge in [0.05, 0.1) is 0 Å².